The maximum Gasteiger partial charge on any atom is 0.418 e. The van der Waals surface area contributed by atoms with Crippen LogP contribution in [0.2, 0.25) is 0 Å². The van der Waals surface area contributed by atoms with E-state index in [2.05, 4.69) is 14.7 Å². The predicted molar refractivity (Wildman–Crippen MR) is 79.4 cm³/mol. The molecule has 3 heterocycles. The standard InChI is InChI=1S/C12H15N5O7S/c13-3-5-23-15-11(18)10-9-7(2-1-4-14-9)8-6-16(10)12(19)17(8)24-25(20,21)22/h1-2,4,8,10H,3,5-6,13H2,(H,15,18)(H,20,21,22). The van der Waals surface area contributed by atoms with Gasteiger partial charge in [0, 0.05) is 18.3 Å². The SMILES string of the molecule is NCCONC(=O)C1c2ncccc2C2CN1C(=O)N2OS(=O)(=O)O. The van der Waals surface area contributed by atoms with E-state index >= 15 is 0 Å². The summed E-state index contributed by atoms with van der Waals surface area (Å²) in [4.78, 5) is 35.0. The van der Waals surface area contributed by atoms with Crippen LogP contribution < -0.4 is 11.2 Å². The van der Waals surface area contributed by atoms with E-state index < -0.39 is 34.4 Å². The fourth-order valence-corrected chi connectivity index (χ4v) is 3.19. The van der Waals surface area contributed by atoms with Gasteiger partial charge in [0.05, 0.1) is 18.8 Å². The maximum absolute atomic E-state index is 12.5. The topological polar surface area (TPSA) is 164 Å². The quantitative estimate of drug-likeness (QED) is 0.311. The van der Waals surface area contributed by atoms with Crippen LogP contribution in [-0.4, -0.2) is 59.6 Å². The van der Waals surface area contributed by atoms with E-state index in [0.29, 0.717) is 10.6 Å². The molecule has 0 aromatic carbocycles. The molecule has 1 saturated heterocycles. The number of carbonyl (C=O) groups excluding carboxylic acids is 2. The third-order valence-electron chi connectivity index (χ3n) is 3.70. The number of urea groups is 1. The molecule has 3 amide bonds. The van der Waals surface area contributed by atoms with Gasteiger partial charge in [0.25, 0.3) is 5.91 Å². The molecule has 1 aromatic heterocycles. The van der Waals surface area contributed by atoms with Gasteiger partial charge in [-0.15, -0.1) is 4.28 Å². The van der Waals surface area contributed by atoms with Crippen LogP contribution in [-0.2, 0) is 24.3 Å². The van der Waals surface area contributed by atoms with Crippen molar-refractivity contribution >= 4 is 22.3 Å². The molecule has 2 bridgehead atoms. The highest BCUT2D eigenvalue weighted by Gasteiger charge is 2.52. The van der Waals surface area contributed by atoms with E-state index in [1.54, 1.807) is 12.1 Å². The molecule has 4 N–H and O–H groups in total. The molecule has 136 valence electrons. The second-order valence-corrected chi connectivity index (χ2v) is 6.27. The highest BCUT2D eigenvalue weighted by molar-refractivity contribution is 7.80. The first-order valence-corrected chi connectivity index (χ1v) is 8.53. The van der Waals surface area contributed by atoms with Crippen LogP contribution in [0.3, 0.4) is 0 Å². The zero-order chi connectivity index (χ0) is 18.2. The summed E-state index contributed by atoms with van der Waals surface area (Å²) >= 11 is 0. The molecule has 1 fully saturated rings. The second kappa shape index (κ2) is 6.53. The van der Waals surface area contributed by atoms with Gasteiger partial charge >= 0.3 is 16.4 Å². The minimum Gasteiger partial charge on any atom is -0.328 e. The third-order valence-corrected chi connectivity index (χ3v) is 4.05. The largest absolute Gasteiger partial charge is 0.418 e. The number of aromatic nitrogens is 1. The van der Waals surface area contributed by atoms with Crippen LogP contribution in [0.1, 0.15) is 23.3 Å². The number of hydrogen-bond donors (Lipinski definition) is 3. The fourth-order valence-electron chi connectivity index (χ4n) is 2.81. The van der Waals surface area contributed by atoms with Crippen molar-refractivity contribution in [2.75, 3.05) is 19.7 Å². The Hall–Kier alpha value is -2.32. The average molecular weight is 373 g/mol. The molecule has 13 heteroatoms. The summed E-state index contributed by atoms with van der Waals surface area (Å²) in [6.45, 7) is 0.227. The Balaban J connectivity index is 1.95. The van der Waals surface area contributed by atoms with Crippen molar-refractivity contribution in [1.29, 1.82) is 0 Å². The van der Waals surface area contributed by atoms with Gasteiger partial charge in [-0.3, -0.25) is 19.2 Å². The lowest BCUT2D eigenvalue weighted by Crippen LogP contribution is -2.44. The lowest BCUT2D eigenvalue weighted by molar-refractivity contribution is -0.138. The molecule has 25 heavy (non-hydrogen) atoms. The van der Waals surface area contributed by atoms with Gasteiger partial charge in [-0.25, -0.2) is 10.3 Å². The molecule has 2 atom stereocenters. The number of fused-ring (bicyclic) bond motifs is 4. The smallest absolute Gasteiger partial charge is 0.328 e. The normalized spacial score (nSPS) is 22.1. The number of nitrogens with zero attached hydrogens (tertiary/aromatic N) is 3. The van der Waals surface area contributed by atoms with E-state index in [-0.39, 0.29) is 25.4 Å². The van der Waals surface area contributed by atoms with Crippen LogP contribution in [0, 0.1) is 0 Å². The van der Waals surface area contributed by atoms with Crippen LogP contribution in [0.5, 0.6) is 0 Å². The third kappa shape index (κ3) is 3.27. The zero-order valence-electron chi connectivity index (χ0n) is 12.7. The Kier molecular flexibility index (Phi) is 4.57. The first-order chi connectivity index (χ1) is 11.8. The van der Waals surface area contributed by atoms with Crippen LogP contribution in [0.15, 0.2) is 18.3 Å². The molecule has 2 aliphatic heterocycles. The van der Waals surface area contributed by atoms with E-state index in [1.165, 1.54) is 6.20 Å². The molecular formula is C12H15N5O7S. The molecule has 0 spiro atoms. The maximum atomic E-state index is 12.5. The van der Waals surface area contributed by atoms with Crippen molar-refractivity contribution in [2.24, 2.45) is 5.73 Å². The Bertz CT molecular complexity index is 801. The number of amides is 3. The Morgan fingerprint density at radius 1 is 1.52 bits per heavy atom. The lowest BCUT2D eigenvalue weighted by atomic mass is 9.95. The van der Waals surface area contributed by atoms with Crippen molar-refractivity contribution in [3.05, 3.63) is 29.6 Å². The number of nitrogens with two attached hydrogens (primary N) is 1. The zero-order valence-corrected chi connectivity index (χ0v) is 13.5. The summed E-state index contributed by atoms with van der Waals surface area (Å²) in [7, 11) is -4.92. The molecule has 0 saturated carbocycles. The minimum absolute atomic E-state index is 0.0258. The highest BCUT2D eigenvalue weighted by Crippen LogP contribution is 2.43. The molecule has 0 aliphatic carbocycles. The first-order valence-electron chi connectivity index (χ1n) is 7.17. The monoisotopic (exact) mass is 373 g/mol. The van der Waals surface area contributed by atoms with E-state index in [4.69, 9.17) is 15.1 Å². The van der Waals surface area contributed by atoms with Gasteiger partial charge in [0.15, 0.2) is 6.04 Å². The van der Waals surface area contributed by atoms with Gasteiger partial charge in [-0.2, -0.15) is 13.5 Å². The Labute approximate surface area is 142 Å². The molecule has 1 aromatic rings. The lowest BCUT2D eigenvalue weighted by Gasteiger charge is -2.30. The van der Waals surface area contributed by atoms with Crippen molar-refractivity contribution in [3.63, 3.8) is 0 Å². The summed E-state index contributed by atoms with van der Waals surface area (Å²) in [5.41, 5.74) is 8.13. The summed E-state index contributed by atoms with van der Waals surface area (Å²) in [5, 5.41) is 0.504. The number of hydrogen-bond acceptors (Lipinski definition) is 8. The molecule has 0 radical (unpaired) electrons. The van der Waals surface area contributed by atoms with Gasteiger partial charge in [0.2, 0.25) is 0 Å². The summed E-state index contributed by atoms with van der Waals surface area (Å²) < 4.78 is 35.3. The van der Waals surface area contributed by atoms with Gasteiger partial charge in [-0.05, 0) is 6.07 Å². The van der Waals surface area contributed by atoms with Crippen molar-refractivity contribution in [3.8, 4) is 0 Å². The molecular weight excluding hydrogens is 358 g/mol. The number of rotatable bonds is 6. The number of pyridine rings is 1. The Morgan fingerprint density at radius 2 is 2.28 bits per heavy atom. The Morgan fingerprint density at radius 3 is 2.96 bits per heavy atom. The van der Waals surface area contributed by atoms with Crippen LogP contribution in [0.25, 0.3) is 0 Å². The van der Waals surface area contributed by atoms with Gasteiger partial charge in [-0.1, -0.05) is 6.07 Å². The number of hydroxylamine groups is 3. The highest BCUT2D eigenvalue weighted by atomic mass is 32.3. The average Bonchev–Trinajstić information content (AvgIpc) is 2.81. The molecule has 12 nitrogen and oxygen atoms in total. The number of carbonyl (C=O) groups is 2. The second-order valence-electron chi connectivity index (χ2n) is 5.26. The number of nitrogens with one attached hydrogen (secondary N) is 1. The molecule has 2 unspecified atom stereocenters. The summed E-state index contributed by atoms with van der Waals surface area (Å²) in [6, 6.07) is 0.270. The predicted octanol–water partition coefficient (Wildman–Crippen LogP) is -1.34. The van der Waals surface area contributed by atoms with E-state index in [9.17, 15) is 18.0 Å². The molecule has 2 aliphatic rings. The van der Waals surface area contributed by atoms with E-state index in [0.717, 1.165) is 4.90 Å². The van der Waals surface area contributed by atoms with Crippen molar-refractivity contribution in [1.82, 2.24) is 20.4 Å². The van der Waals surface area contributed by atoms with Crippen molar-refractivity contribution < 1.29 is 31.7 Å². The summed E-state index contributed by atoms with van der Waals surface area (Å²) in [5.74, 6) is -0.672. The minimum atomic E-state index is -4.92. The first kappa shape index (κ1) is 17.5. The van der Waals surface area contributed by atoms with Crippen molar-refractivity contribution in [2.45, 2.75) is 12.1 Å². The molecule has 3 rings (SSSR count). The van der Waals surface area contributed by atoms with Crippen LogP contribution in [0.4, 0.5) is 4.79 Å². The van der Waals surface area contributed by atoms with Gasteiger partial charge in [0.1, 0.15) is 6.04 Å². The fraction of sp³-hybridized carbons (Fsp3) is 0.417. The van der Waals surface area contributed by atoms with Crippen LogP contribution >= 0.6 is 0 Å². The van der Waals surface area contributed by atoms with Gasteiger partial charge < -0.3 is 10.6 Å². The summed E-state index contributed by atoms with van der Waals surface area (Å²) in [6.07, 6.45) is 1.43. The van der Waals surface area contributed by atoms with E-state index in [1.807, 2.05) is 0 Å².